The predicted octanol–water partition coefficient (Wildman–Crippen LogP) is 0.671. The van der Waals surface area contributed by atoms with E-state index in [2.05, 4.69) is 11.9 Å². The molecule has 1 aliphatic carbocycles. The Kier molecular flexibility index (Phi) is 1.15. The number of Topliss-reactive ketones (excluding diaryl/α,β-unsaturated/α-hetero) is 1. The number of hydrogen-bond acceptors (Lipinski definition) is 2. The maximum Gasteiger partial charge on any atom is 0.140 e. The second-order valence-electron chi connectivity index (χ2n) is 3.69. The molecular weight excluding hydrogens is 126 g/mol. The molecule has 0 aromatic heterocycles. The Morgan fingerprint density at radius 1 is 1.50 bits per heavy atom. The van der Waals surface area contributed by atoms with Crippen LogP contribution in [0.5, 0.6) is 0 Å². The van der Waals surface area contributed by atoms with Gasteiger partial charge in [-0.2, -0.15) is 0 Å². The number of carbonyl (C=O) groups excluding carboxylic acids is 1. The zero-order valence-electron chi connectivity index (χ0n) is 6.39. The molecule has 1 aliphatic heterocycles. The van der Waals surface area contributed by atoms with Crippen molar-refractivity contribution in [3.05, 3.63) is 0 Å². The van der Waals surface area contributed by atoms with Gasteiger partial charge in [0.1, 0.15) is 5.78 Å². The number of ketones is 1. The largest absolute Gasteiger partial charge is 0.305 e. The van der Waals surface area contributed by atoms with Crippen molar-refractivity contribution in [1.82, 2.24) is 4.90 Å². The standard InChI is InChI=1S/C8H13NO/c1-9-5-4-8(6-9)3-2-7(8)10/h2-6H2,1H3/t8-/m1/s1. The summed E-state index contributed by atoms with van der Waals surface area (Å²) in [6, 6.07) is 0. The topological polar surface area (TPSA) is 20.3 Å². The summed E-state index contributed by atoms with van der Waals surface area (Å²) in [4.78, 5) is 13.4. The molecule has 56 valence electrons. The van der Waals surface area contributed by atoms with Crippen molar-refractivity contribution in [1.29, 1.82) is 0 Å². The van der Waals surface area contributed by atoms with E-state index in [1.165, 1.54) is 0 Å². The van der Waals surface area contributed by atoms with Gasteiger partial charge in [-0.15, -0.1) is 0 Å². The molecule has 0 N–H and O–H groups in total. The Balaban J connectivity index is 2.11. The van der Waals surface area contributed by atoms with Gasteiger partial charge in [-0.05, 0) is 26.4 Å². The van der Waals surface area contributed by atoms with Crippen LogP contribution in [0.3, 0.4) is 0 Å². The highest BCUT2D eigenvalue weighted by Gasteiger charge is 2.49. The summed E-state index contributed by atoms with van der Waals surface area (Å²) in [5.41, 5.74) is 0.134. The highest BCUT2D eigenvalue weighted by Crippen LogP contribution is 2.44. The molecule has 1 atom stereocenters. The Bertz CT molecular complexity index is 178. The molecule has 1 heterocycles. The van der Waals surface area contributed by atoms with Gasteiger partial charge in [-0.25, -0.2) is 0 Å². The molecule has 0 amide bonds. The number of likely N-dealkylation sites (tertiary alicyclic amines) is 1. The Morgan fingerprint density at radius 2 is 2.30 bits per heavy atom. The lowest BCUT2D eigenvalue weighted by molar-refractivity contribution is -0.137. The second-order valence-corrected chi connectivity index (χ2v) is 3.69. The van der Waals surface area contributed by atoms with Crippen molar-refractivity contribution in [2.75, 3.05) is 20.1 Å². The lowest BCUT2D eigenvalue weighted by atomic mass is 9.67. The minimum atomic E-state index is 0.134. The zero-order valence-corrected chi connectivity index (χ0v) is 6.39. The maximum absolute atomic E-state index is 11.2. The van der Waals surface area contributed by atoms with Crippen molar-refractivity contribution in [3.63, 3.8) is 0 Å². The van der Waals surface area contributed by atoms with E-state index >= 15 is 0 Å². The normalized spacial score (nSPS) is 40.7. The Labute approximate surface area is 61.2 Å². The van der Waals surface area contributed by atoms with Gasteiger partial charge in [0, 0.05) is 18.4 Å². The molecule has 2 nitrogen and oxygen atoms in total. The first-order chi connectivity index (χ1) is 4.73. The molecule has 1 saturated heterocycles. The SMILES string of the molecule is CN1CC[C@]2(CCC2=O)C1. The smallest absolute Gasteiger partial charge is 0.140 e. The first-order valence-corrected chi connectivity index (χ1v) is 3.95. The average Bonchev–Trinajstić information content (AvgIpc) is 2.31. The van der Waals surface area contributed by atoms with Gasteiger partial charge in [0.25, 0.3) is 0 Å². The monoisotopic (exact) mass is 139 g/mol. The van der Waals surface area contributed by atoms with Gasteiger partial charge in [0.15, 0.2) is 0 Å². The van der Waals surface area contributed by atoms with E-state index in [9.17, 15) is 4.79 Å². The molecule has 2 aliphatic rings. The van der Waals surface area contributed by atoms with Crippen LogP contribution in [0.2, 0.25) is 0 Å². The molecule has 0 radical (unpaired) electrons. The fourth-order valence-electron chi connectivity index (χ4n) is 2.09. The molecule has 2 rings (SSSR count). The summed E-state index contributed by atoms with van der Waals surface area (Å²) >= 11 is 0. The molecule has 2 heteroatoms. The molecular formula is C8H13NO. The van der Waals surface area contributed by atoms with Gasteiger partial charge < -0.3 is 4.90 Å². The average molecular weight is 139 g/mol. The molecule has 1 spiro atoms. The summed E-state index contributed by atoms with van der Waals surface area (Å²) < 4.78 is 0. The van der Waals surface area contributed by atoms with Crippen molar-refractivity contribution >= 4 is 5.78 Å². The van der Waals surface area contributed by atoms with Crippen molar-refractivity contribution in [3.8, 4) is 0 Å². The van der Waals surface area contributed by atoms with E-state index in [4.69, 9.17) is 0 Å². The highest BCUT2D eigenvalue weighted by atomic mass is 16.1. The van der Waals surface area contributed by atoms with E-state index < -0.39 is 0 Å². The molecule has 0 bridgehead atoms. The van der Waals surface area contributed by atoms with Crippen LogP contribution in [-0.4, -0.2) is 30.8 Å². The van der Waals surface area contributed by atoms with Crippen LogP contribution in [0.1, 0.15) is 19.3 Å². The Morgan fingerprint density at radius 3 is 2.50 bits per heavy atom. The fraction of sp³-hybridized carbons (Fsp3) is 0.875. The quantitative estimate of drug-likeness (QED) is 0.491. The predicted molar refractivity (Wildman–Crippen MR) is 38.8 cm³/mol. The number of carbonyl (C=O) groups is 1. The van der Waals surface area contributed by atoms with Crippen LogP contribution in [-0.2, 0) is 4.79 Å². The summed E-state index contributed by atoms with van der Waals surface area (Å²) in [5.74, 6) is 0.511. The molecule has 10 heavy (non-hydrogen) atoms. The van der Waals surface area contributed by atoms with E-state index in [0.717, 1.165) is 32.4 Å². The van der Waals surface area contributed by atoms with E-state index in [1.807, 2.05) is 0 Å². The number of rotatable bonds is 0. The van der Waals surface area contributed by atoms with Gasteiger partial charge in [0.05, 0.1) is 0 Å². The van der Waals surface area contributed by atoms with Crippen LogP contribution in [0.25, 0.3) is 0 Å². The van der Waals surface area contributed by atoms with Crippen molar-refractivity contribution in [2.45, 2.75) is 19.3 Å². The lowest BCUT2D eigenvalue weighted by Gasteiger charge is -2.35. The summed E-state index contributed by atoms with van der Waals surface area (Å²) in [6.45, 7) is 2.14. The molecule has 1 saturated carbocycles. The molecule has 0 aromatic rings. The maximum atomic E-state index is 11.2. The van der Waals surface area contributed by atoms with Crippen molar-refractivity contribution < 1.29 is 4.79 Å². The minimum absolute atomic E-state index is 0.134. The molecule has 0 aromatic carbocycles. The van der Waals surface area contributed by atoms with Crippen LogP contribution in [0.4, 0.5) is 0 Å². The van der Waals surface area contributed by atoms with Gasteiger partial charge in [0.2, 0.25) is 0 Å². The number of nitrogens with zero attached hydrogens (tertiary/aromatic N) is 1. The van der Waals surface area contributed by atoms with Crippen LogP contribution < -0.4 is 0 Å². The van der Waals surface area contributed by atoms with Gasteiger partial charge in [-0.3, -0.25) is 4.79 Å². The van der Waals surface area contributed by atoms with E-state index in [0.29, 0.717) is 5.78 Å². The minimum Gasteiger partial charge on any atom is -0.305 e. The second kappa shape index (κ2) is 1.82. The van der Waals surface area contributed by atoms with Gasteiger partial charge in [-0.1, -0.05) is 0 Å². The third-order valence-corrected chi connectivity index (χ3v) is 2.97. The Hall–Kier alpha value is -0.370. The summed E-state index contributed by atoms with van der Waals surface area (Å²) in [7, 11) is 2.10. The van der Waals surface area contributed by atoms with Crippen LogP contribution >= 0.6 is 0 Å². The lowest BCUT2D eigenvalue weighted by Crippen LogP contribution is -2.42. The van der Waals surface area contributed by atoms with Crippen LogP contribution in [0, 0.1) is 5.41 Å². The molecule has 0 unspecified atom stereocenters. The highest BCUT2D eigenvalue weighted by molar-refractivity contribution is 5.91. The summed E-state index contributed by atoms with van der Waals surface area (Å²) in [5, 5.41) is 0. The van der Waals surface area contributed by atoms with Gasteiger partial charge >= 0.3 is 0 Å². The van der Waals surface area contributed by atoms with Crippen LogP contribution in [0.15, 0.2) is 0 Å². The first kappa shape index (κ1) is 6.35. The third kappa shape index (κ3) is 0.655. The fourth-order valence-corrected chi connectivity index (χ4v) is 2.09. The number of hydrogen-bond donors (Lipinski definition) is 0. The van der Waals surface area contributed by atoms with Crippen molar-refractivity contribution in [2.24, 2.45) is 5.41 Å². The van der Waals surface area contributed by atoms with E-state index in [1.54, 1.807) is 0 Å². The molecule has 2 fully saturated rings. The summed E-state index contributed by atoms with van der Waals surface area (Å²) in [6.07, 6.45) is 3.10. The first-order valence-electron chi connectivity index (χ1n) is 3.95. The van der Waals surface area contributed by atoms with E-state index in [-0.39, 0.29) is 5.41 Å². The zero-order chi connectivity index (χ0) is 7.19. The third-order valence-electron chi connectivity index (χ3n) is 2.97.